The van der Waals surface area contributed by atoms with Gasteiger partial charge in [0.2, 0.25) is 0 Å². The molecule has 20 heavy (non-hydrogen) atoms. The molecule has 1 fully saturated rings. The Morgan fingerprint density at radius 3 is 2.40 bits per heavy atom. The second kappa shape index (κ2) is 6.96. The Balaban J connectivity index is 1.93. The third-order valence-electron chi connectivity index (χ3n) is 3.56. The molecule has 2 rings (SSSR count). The van der Waals surface area contributed by atoms with Crippen LogP contribution in [0.1, 0.15) is 23.2 Å². The lowest BCUT2D eigenvalue weighted by Gasteiger charge is -2.38. The van der Waals surface area contributed by atoms with E-state index >= 15 is 0 Å². The summed E-state index contributed by atoms with van der Waals surface area (Å²) in [5, 5.41) is 3.51. The van der Waals surface area contributed by atoms with Gasteiger partial charge in [0.15, 0.2) is 0 Å². The van der Waals surface area contributed by atoms with E-state index in [0.29, 0.717) is 17.1 Å². The van der Waals surface area contributed by atoms with Gasteiger partial charge in [0, 0.05) is 30.2 Å². The van der Waals surface area contributed by atoms with Crippen molar-refractivity contribution in [1.82, 2.24) is 14.6 Å². The largest absolute Gasteiger partial charge is 0.350 e. The van der Waals surface area contributed by atoms with E-state index in [-0.39, 0.29) is 11.4 Å². The molecule has 1 saturated heterocycles. The van der Waals surface area contributed by atoms with E-state index in [0.717, 1.165) is 25.9 Å². The van der Waals surface area contributed by atoms with Crippen LogP contribution in [0.15, 0.2) is 24.3 Å². The summed E-state index contributed by atoms with van der Waals surface area (Å²) in [5.41, 5.74) is 0.267. The van der Waals surface area contributed by atoms with Crippen LogP contribution in [0.2, 0.25) is 5.02 Å². The van der Waals surface area contributed by atoms with E-state index in [2.05, 4.69) is 10.2 Å². The fourth-order valence-electron chi connectivity index (χ4n) is 2.16. The number of carbonyl (C=O) groups excluding carboxylic acids is 1. The van der Waals surface area contributed by atoms with Crippen LogP contribution in [0, 0.1) is 0 Å². The summed E-state index contributed by atoms with van der Waals surface area (Å²) in [4.78, 5) is 14.9. The molecule has 0 spiro atoms. The first-order valence-corrected chi connectivity index (χ1v) is 7.46. The van der Waals surface area contributed by atoms with Gasteiger partial charge in [-0.25, -0.2) is 9.25 Å². The highest BCUT2D eigenvalue weighted by Crippen LogP contribution is 2.23. The van der Waals surface area contributed by atoms with Crippen LogP contribution >= 0.6 is 35.2 Å². The van der Waals surface area contributed by atoms with E-state index in [4.69, 9.17) is 35.2 Å². The maximum atomic E-state index is 12.1. The second-order valence-corrected chi connectivity index (χ2v) is 6.08. The number of halogens is 3. The first kappa shape index (κ1) is 15.9. The molecule has 0 radical (unpaired) electrons. The second-order valence-electron chi connectivity index (χ2n) is 4.97. The number of nitrogens with one attached hydrogen (secondary N) is 2. The van der Waals surface area contributed by atoms with Crippen LogP contribution < -0.4 is 10.2 Å². The zero-order chi connectivity index (χ0) is 14.6. The molecule has 0 bridgehead atoms. The predicted molar refractivity (Wildman–Crippen MR) is 82.2 cm³/mol. The highest BCUT2D eigenvalue weighted by Gasteiger charge is 2.34. The summed E-state index contributed by atoms with van der Waals surface area (Å²) in [5.74, 6) is -0.138. The number of hydrogen-bond acceptors (Lipinski definition) is 3. The number of carbonyl (C=O) groups is 1. The lowest BCUT2D eigenvalue weighted by molar-refractivity contribution is 0.0931. The molecule has 1 aliphatic heterocycles. The van der Waals surface area contributed by atoms with E-state index in [1.807, 2.05) is 0 Å². The Labute approximate surface area is 133 Å². The highest BCUT2D eigenvalue weighted by molar-refractivity contribution is 6.30. The van der Waals surface area contributed by atoms with Gasteiger partial charge in [-0.15, -0.1) is 0 Å². The van der Waals surface area contributed by atoms with Crippen molar-refractivity contribution in [1.29, 1.82) is 0 Å². The van der Waals surface area contributed by atoms with Gasteiger partial charge in [0.25, 0.3) is 5.91 Å². The average molecular weight is 337 g/mol. The molecule has 110 valence electrons. The van der Waals surface area contributed by atoms with E-state index < -0.39 is 0 Å². The maximum absolute atomic E-state index is 12.1. The first-order chi connectivity index (χ1) is 9.54. The van der Waals surface area contributed by atoms with Crippen molar-refractivity contribution in [3.05, 3.63) is 34.9 Å². The Hall–Kier alpha value is -0.520. The Morgan fingerprint density at radius 2 is 1.85 bits per heavy atom. The lowest BCUT2D eigenvalue weighted by atomic mass is 9.89. The fourth-order valence-corrected chi connectivity index (χ4v) is 2.72. The summed E-state index contributed by atoms with van der Waals surface area (Å²) in [7, 11) is 0. The minimum Gasteiger partial charge on any atom is -0.350 e. The Morgan fingerprint density at radius 1 is 1.25 bits per heavy atom. The van der Waals surface area contributed by atoms with E-state index in [9.17, 15) is 4.79 Å². The molecular formula is C13H16Cl3N3O. The van der Waals surface area contributed by atoms with Crippen LogP contribution in [0.4, 0.5) is 0 Å². The molecule has 0 aliphatic carbocycles. The van der Waals surface area contributed by atoms with Crippen molar-refractivity contribution in [3.63, 3.8) is 0 Å². The van der Waals surface area contributed by atoms with Gasteiger partial charge >= 0.3 is 0 Å². The molecular weight excluding hydrogens is 321 g/mol. The Bertz CT molecular complexity index is 458. The molecule has 1 amide bonds. The smallest absolute Gasteiger partial charge is 0.251 e. The third-order valence-corrected chi connectivity index (χ3v) is 4.55. The van der Waals surface area contributed by atoms with Crippen molar-refractivity contribution >= 4 is 41.1 Å². The summed E-state index contributed by atoms with van der Waals surface area (Å²) >= 11 is 17.6. The van der Waals surface area contributed by atoms with Crippen molar-refractivity contribution < 1.29 is 4.79 Å². The molecule has 1 heterocycles. The molecule has 4 nitrogen and oxygen atoms in total. The van der Waals surface area contributed by atoms with Crippen LogP contribution in [0.25, 0.3) is 0 Å². The predicted octanol–water partition coefficient (Wildman–Crippen LogP) is 2.80. The molecule has 1 aromatic rings. The highest BCUT2D eigenvalue weighted by atomic mass is 35.5. The molecule has 0 atom stereocenters. The average Bonchev–Trinajstić information content (AvgIpc) is 2.48. The number of amides is 1. The van der Waals surface area contributed by atoms with E-state index in [1.54, 1.807) is 28.7 Å². The minimum absolute atomic E-state index is 0.138. The summed E-state index contributed by atoms with van der Waals surface area (Å²) < 4.78 is 1.73. The van der Waals surface area contributed by atoms with Crippen molar-refractivity contribution in [2.24, 2.45) is 0 Å². The normalized spacial score (nSPS) is 18.8. The molecule has 2 N–H and O–H groups in total. The quantitative estimate of drug-likeness (QED) is 0.831. The van der Waals surface area contributed by atoms with Gasteiger partial charge in [-0.2, -0.15) is 0 Å². The van der Waals surface area contributed by atoms with E-state index in [1.165, 1.54) is 0 Å². The van der Waals surface area contributed by atoms with Crippen molar-refractivity contribution in [2.75, 3.05) is 19.6 Å². The number of nitrogens with zero attached hydrogens (tertiary/aromatic N) is 1. The van der Waals surface area contributed by atoms with Crippen LogP contribution in [0.3, 0.4) is 0 Å². The lowest BCUT2D eigenvalue weighted by Crippen LogP contribution is -2.55. The number of piperidine rings is 1. The van der Waals surface area contributed by atoms with Gasteiger partial charge < -0.3 is 5.32 Å². The van der Waals surface area contributed by atoms with Gasteiger partial charge in [0.05, 0.1) is 5.54 Å². The topological polar surface area (TPSA) is 44.4 Å². The summed E-state index contributed by atoms with van der Waals surface area (Å²) in [6, 6.07) is 6.77. The van der Waals surface area contributed by atoms with Crippen LogP contribution in [0.5, 0.6) is 0 Å². The number of benzene rings is 1. The third kappa shape index (κ3) is 3.99. The zero-order valence-corrected chi connectivity index (χ0v) is 13.1. The van der Waals surface area contributed by atoms with Crippen LogP contribution in [-0.4, -0.2) is 35.5 Å². The molecule has 1 aliphatic rings. The first-order valence-electron chi connectivity index (χ1n) is 6.37. The van der Waals surface area contributed by atoms with Crippen LogP contribution in [-0.2, 0) is 0 Å². The van der Waals surface area contributed by atoms with Crippen molar-refractivity contribution in [3.8, 4) is 0 Å². The molecule has 0 saturated carbocycles. The minimum atomic E-state index is -0.310. The molecule has 0 unspecified atom stereocenters. The number of hydrogen-bond donors (Lipinski definition) is 2. The SMILES string of the molecule is O=C(NCC1(NCl)CCN(Cl)CC1)c1ccc(Cl)cc1. The van der Waals surface area contributed by atoms with Gasteiger partial charge in [-0.3, -0.25) is 4.79 Å². The standard InChI is InChI=1S/C13H16Cl3N3O/c14-11-3-1-10(2-4-11)12(20)17-9-13(18-15)5-7-19(16)8-6-13/h1-4,18H,5-9H2,(H,17,20). The van der Waals surface area contributed by atoms with Gasteiger partial charge in [0.1, 0.15) is 0 Å². The van der Waals surface area contributed by atoms with Gasteiger partial charge in [-0.1, -0.05) is 11.6 Å². The summed E-state index contributed by atoms with van der Waals surface area (Å²) in [6.45, 7) is 1.93. The zero-order valence-electron chi connectivity index (χ0n) is 10.8. The number of rotatable bonds is 4. The fraction of sp³-hybridized carbons (Fsp3) is 0.462. The molecule has 0 aromatic heterocycles. The molecule has 1 aromatic carbocycles. The summed E-state index contributed by atoms with van der Waals surface area (Å²) in [6.07, 6.45) is 1.56. The maximum Gasteiger partial charge on any atom is 0.251 e. The van der Waals surface area contributed by atoms with Crippen molar-refractivity contribution in [2.45, 2.75) is 18.4 Å². The Kier molecular flexibility index (Phi) is 5.52. The monoisotopic (exact) mass is 335 g/mol. The molecule has 7 heteroatoms. The van der Waals surface area contributed by atoms with Gasteiger partial charge in [-0.05, 0) is 60.7 Å².